The Bertz CT molecular complexity index is 1120. The van der Waals surface area contributed by atoms with Crippen molar-refractivity contribution >= 4 is 17.2 Å². The number of halogens is 4. The third-order valence-corrected chi connectivity index (χ3v) is 4.17. The van der Waals surface area contributed by atoms with Crippen molar-refractivity contribution in [3.63, 3.8) is 0 Å². The molecule has 142 valence electrons. The van der Waals surface area contributed by atoms with Gasteiger partial charge in [0.2, 0.25) is 0 Å². The summed E-state index contributed by atoms with van der Waals surface area (Å²) in [5.41, 5.74) is 0.391. The van der Waals surface area contributed by atoms with E-state index in [2.05, 4.69) is 15.3 Å². The summed E-state index contributed by atoms with van der Waals surface area (Å²) < 4.78 is 54.6. The van der Waals surface area contributed by atoms with Crippen molar-refractivity contribution in [2.24, 2.45) is 0 Å². The Morgan fingerprint density at radius 1 is 0.893 bits per heavy atom. The lowest BCUT2D eigenvalue weighted by molar-refractivity contribution is -0.140. The topological polar surface area (TPSA) is 42.2 Å². The smallest absolute Gasteiger partial charge is 0.340 e. The molecule has 0 spiro atoms. The highest BCUT2D eigenvalue weighted by atomic mass is 19.4. The van der Waals surface area contributed by atoms with Crippen LogP contribution in [0, 0.1) is 0 Å². The zero-order chi connectivity index (χ0) is 19.7. The molecule has 3 heterocycles. The van der Waals surface area contributed by atoms with Crippen LogP contribution in [0.3, 0.4) is 0 Å². The van der Waals surface area contributed by atoms with Crippen molar-refractivity contribution in [2.45, 2.75) is 12.9 Å². The molecule has 0 unspecified atom stereocenters. The molecule has 0 aliphatic carbocycles. The van der Waals surface area contributed by atoms with Crippen molar-refractivity contribution < 1.29 is 17.6 Å². The first kappa shape index (κ1) is 18.0. The molecular formula is C20H14F4N4. The van der Waals surface area contributed by atoms with Gasteiger partial charge in [0.15, 0.2) is 5.69 Å². The number of nitrogens with zero attached hydrogens (tertiary/aromatic N) is 3. The average molecular weight is 386 g/mol. The number of imidazole rings is 1. The maximum absolute atomic E-state index is 13.5. The van der Waals surface area contributed by atoms with Crippen LogP contribution in [0.2, 0.25) is 0 Å². The first-order valence-corrected chi connectivity index (χ1v) is 8.39. The number of anilines is 2. The van der Waals surface area contributed by atoms with Crippen LogP contribution in [0.1, 0.15) is 11.3 Å². The number of hydrogen-bond donors (Lipinski definition) is 1. The molecular weight excluding hydrogens is 372 g/mol. The average Bonchev–Trinajstić information content (AvgIpc) is 3.09. The molecule has 0 atom stereocenters. The number of pyridine rings is 2. The molecule has 0 fully saturated rings. The Balaban J connectivity index is 1.77. The molecule has 4 rings (SSSR count). The molecule has 3 aromatic heterocycles. The first-order chi connectivity index (χ1) is 13.5. The maximum atomic E-state index is 13.5. The van der Waals surface area contributed by atoms with Crippen LogP contribution < -0.4 is 5.32 Å². The minimum absolute atomic E-state index is 0.125. The van der Waals surface area contributed by atoms with E-state index in [9.17, 15) is 17.6 Å². The predicted molar refractivity (Wildman–Crippen MR) is 98.0 cm³/mol. The Morgan fingerprint density at radius 2 is 1.68 bits per heavy atom. The van der Waals surface area contributed by atoms with Gasteiger partial charge >= 0.3 is 6.18 Å². The highest BCUT2D eigenvalue weighted by Crippen LogP contribution is 2.36. The van der Waals surface area contributed by atoms with Crippen molar-refractivity contribution in [2.75, 3.05) is 5.32 Å². The van der Waals surface area contributed by atoms with Crippen molar-refractivity contribution in [3.8, 4) is 11.4 Å². The maximum Gasteiger partial charge on any atom is 0.435 e. The van der Waals surface area contributed by atoms with Crippen LogP contribution >= 0.6 is 0 Å². The summed E-state index contributed by atoms with van der Waals surface area (Å²) in [6.45, 7) is -0.567. The Morgan fingerprint density at radius 3 is 2.39 bits per heavy atom. The summed E-state index contributed by atoms with van der Waals surface area (Å²) in [4.78, 5) is 8.07. The quantitative estimate of drug-likeness (QED) is 0.463. The van der Waals surface area contributed by atoms with Crippen molar-refractivity contribution in [1.82, 2.24) is 14.4 Å². The third-order valence-electron chi connectivity index (χ3n) is 4.17. The molecule has 1 aromatic carbocycles. The summed E-state index contributed by atoms with van der Waals surface area (Å²) in [5, 5.41) is 3.02. The molecule has 1 N–H and O–H groups in total. The van der Waals surface area contributed by atoms with E-state index in [-0.39, 0.29) is 17.0 Å². The standard InChI is InChI=1S/C20H14F4N4/c21-12-13-7-9-14(10-8-13)25-16-5-3-4-15(26-16)18-19(20(22,23)24)27-17-6-1-2-11-28(17)18/h1-11H,12H2,(H,25,26). The molecule has 8 heteroatoms. The fourth-order valence-corrected chi connectivity index (χ4v) is 2.90. The SMILES string of the molecule is FCc1ccc(Nc2cccc(-c3c(C(F)(F)F)nc4ccccn34)n2)cc1. The van der Waals surface area contributed by atoms with E-state index < -0.39 is 18.5 Å². The van der Waals surface area contributed by atoms with Gasteiger partial charge in [0.1, 0.15) is 23.8 Å². The van der Waals surface area contributed by atoms with Gasteiger partial charge in [0.05, 0.1) is 5.69 Å². The number of benzene rings is 1. The van der Waals surface area contributed by atoms with Crippen molar-refractivity contribution in [1.29, 1.82) is 0 Å². The Kier molecular flexibility index (Phi) is 4.46. The van der Waals surface area contributed by atoms with Crippen LogP contribution in [0.25, 0.3) is 17.0 Å². The number of rotatable bonds is 4. The molecule has 0 aliphatic heterocycles. The monoisotopic (exact) mass is 386 g/mol. The summed E-state index contributed by atoms with van der Waals surface area (Å²) in [5.74, 6) is 0.365. The van der Waals surface area contributed by atoms with E-state index in [4.69, 9.17) is 0 Å². The van der Waals surface area contributed by atoms with E-state index in [1.54, 1.807) is 48.5 Å². The third kappa shape index (κ3) is 3.40. The molecule has 0 bridgehead atoms. The van der Waals surface area contributed by atoms with Crippen molar-refractivity contribution in [3.05, 3.63) is 78.1 Å². The molecule has 0 saturated heterocycles. The summed E-state index contributed by atoms with van der Waals surface area (Å²) >= 11 is 0. The molecule has 28 heavy (non-hydrogen) atoms. The van der Waals surface area contributed by atoms with E-state index in [0.29, 0.717) is 17.1 Å². The van der Waals surface area contributed by atoms with Gasteiger partial charge in [-0.1, -0.05) is 24.3 Å². The first-order valence-electron chi connectivity index (χ1n) is 8.39. The number of aromatic nitrogens is 3. The minimum Gasteiger partial charge on any atom is -0.340 e. The van der Waals surface area contributed by atoms with Gasteiger partial charge in [-0.2, -0.15) is 13.2 Å². The van der Waals surface area contributed by atoms with Gasteiger partial charge in [-0.05, 0) is 42.0 Å². The fourth-order valence-electron chi connectivity index (χ4n) is 2.90. The summed E-state index contributed by atoms with van der Waals surface area (Å²) in [6, 6.07) is 16.1. The van der Waals surface area contributed by atoms with Gasteiger partial charge in [0, 0.05) is 11.9 Å². The molecule has 0 amide bonds. The predicted octanol–water partition coefficient (Wildman–Crippen LogP) is 5.63. The number of alkyl halides is 4. The summed E-state index contributed by atoms with van der Waals surface area (Å²) in [7, 11) is 0. The lowest BCUT2D eigenvalue weighted by Crippen LogP contribution is -2.08. The highest BCUT2D eigenvalue weighted by molar-refractivity contribution is 5.67. The van der Waals surface area contributed by atoms with Gasteiger partial charge in [-0.15, -0.1) is 0 Å². The van der Waals surface area contributed by atoms with E-state index in [1.807, 2.05) is 0 Å². The highest BCUT2D eigenvalue weighted by Gasteiger charge is 2.38. The van der Waals surface area contributed by atoms with E-state index in [1.165, 1.54) is 22.7 Å². The molecule has 4 aromatic rings. The normalized spacial score (nSPS) is 11.7. The van der Waals surface area contributed by atoms with Crippen LogP contribution in [-0.4, -0.2) is 14.4 Å². The molecule has 4 nitrogen and oxygen atoms in total. The largest absolute Gasteiger partial charge is 0.435 e. The Labute approximate surface area is 157 Å². The Hall–Kier alpha value is -3.42. The van der Waals surface area contributed by atoms with Crippen LogP contribution in [0.15, 0.2) is 66.9 Å². The lowest BCUT2D eigenvalue weighted by Gasteiger charge is -2.10. The molecule has 0 saturated carbocycles. The van der Waals surface area contributed by atoms with Crippen LogP contribution in [0.5, 0.6) is 0 Å². The van der Waals surface area contributed by atoms with Crippen LogP contribution in [-0.2, 0) is 12.9 Å². The van der Waals surface area contributed by atoms with Gasteiger partial charge in [-0.3, -0.25) is 4.40 Å². The summed E-state index contributed by atoms with van der Waals surface area (Å²) in [6.07, 6.45) is -3.10. The number of fused-ring (bicyclic) bond motifs is 1. The van der Waals surface area contributed by atoms with Gasteiger partial charge in [0.25, 0.3) is 0 Å². The fraction of sp³-hybridized carbons (Fsp3) is 0.100. The zero-order valence-corrected chi connectivity index (χ0v) is 14.4. The van der Waals surface area contributed by atoms with Gasteiger partial charge in [-0.25, -0.2) is 14.4 Å². The second-order valence-corrected chi connectivity index (χ2v) is 6.10. The second-order valence-electron chi connectivity index (χ2n) is 6.10. The second kappa shape index (κ2) is 6.95. The van der Waals surface area contributed by atoms with Gasteiger partial charge < -0.3 is 5.32 Å². The minimum atomic E-state index is -4.62. The molecule has 0 aliphatic rings. The lowest BCUT2D eigenvalue weighted by atomic mass is 10.2. The zero-order valence-electron chi connectivity index (χ0n) is 14.4. The van der Waals surface area contributed by atoms with E-state index in [0.717, 1.165) is 0 Å². The van der Waals surface area contributed by atoms with E-state index >= 15 is 0 Å². The number of nitrogens with one attached hydrogen (secondary N) is 1. The number of hydrogen-bond acceptors (Lipinski definition) is 3. The van der Waals surface area contributed by atoms with Crippen LogP contribution in [0.4, 0.5) is 29.1 Å². The molecule has 0 radical (unpaired) electrons.